The Hall–Kier alpha value is -2.88. The fourth-order valence-electron chi connectivity index (χ4n) is 3.74. The Labute approximate surface area is 165 Å². The number of fused-ring (bicyclic) bond motifs is 2. The average molecular weight is 374 g/mol. The molecule has 144 valence electrons. The number of ketones is 1. The molecule has 1 aliphatic heterocycles. The van der Waals surface area contributed by atoms with Gasteiger partial charge < -0.3 is 10.1 Å². The standard InChI is InChI=1S/C24H26N2O2/c1-2-3-4-8-18-15-25-23-13-12-20(14-21(23)24(18)27)28-16-19-11-10-17-7-5-6-9-22(17)26-19/h5-7,9-14,18,25H,2-4,8,15-16H2,1H3. The number of unbranched alkanes of at least 4 members (excludes halogenated alkanes) is 2. The van der Waals surface area contributed by atoms with Crippen molar-refractivity contribution in [2.75, 3.05) is 11.9 Å². The van der Waals surface area contributed by atoms with E-state index in [0.717, 1.165) is 47.2 Å². The van der Waals surface area contributed by atoms with Crippen LogP contribution in [-0.2, 0) is 6.61 Å². The molecular weight excluding hydrogens is 348 g/mol. The van der Waals surface area contributed by atoms with Crippen LogP contribution in [0.3, 0.4) is 0 Å². The third kappa shape index (κ3) is 4.01. The summed E-state index contributed by atoms with van der Waals surface area (Å²) < 4.78 is 5.95. The minimum Gasteiger partial charge on any atom is -0.487 e. The van der Waals surface area contributed by atoms with Gasteiger partial charge in [-0.2, -0.15) is 0 Å². The summed E-state index contributed by atoms with van der Waals surface area (Å²) in [5.74, 6) is 1.01. The Balaban J connectivity index is 1.45. The summed E-state index contributed by atoms with van der Waals surface area (Å²) in [4.78, 5) is 17.5. The van der Waals surface area contributed by atoms with Crippen molar-refractivity contribution in [3.05, 3.63) is 65.9 Å². The molecule has 0 aliphatic carbocycles. The third-order valence-electron chi connectivity index (χ3n) is 5.37. The van der Waals surface area contributed by atoms with Gasteiger partial charge in [0, 0.05) is 29.1 Å². The van der Waals surface area contributed by atoms with Gasteiger partial charge in [0.15, 0.2) is 5.78 Å². The summed E-state index contributed by atoms with van der Waals surface area (Å²) in [7, 11) is 0. The highest BCUT2D eigenvalue weighted by atomic mass is 16.5. The maximum atomic E-state index is 12.9. The van der Waals surface area contributed by atoms with Crippen LogP contribution in [0, 0.1) is 5.92 Å². The minimum atomic E-state index is 0.0662. The van der Waals surface area contributed by atoms with Gasteiger partial charge in [-0.1, -0.05) is 50.5 Å². The Bertz CT molecular complexity index is 983. The van der Waals surface area contributed by atoms with Gasteiger partial charge >= 0.3 is 0 Å². The third-order valence-corrected chi connectivity index (χ3v) is 5.37. The minimum absolute atomic E-state index is 0.0662. The number of nitrogens with one attached hydrogen (secondary N) is 1. The lowest BCUT2D eigenvalue weighted by atomic mass is 9.88. The van der Waals surface area contributed by atoms with E-state index in [1.54, 1.807) is 0 Å². The maximum Gasteiger partial charge on any atom is 0.169 e. The van der Waals surface area contributed by atoms with Crippen LogP contribution in [0.25, 0.3) is 10.9 Å². The molecule has 0 bridgehead atoms. The number of carbonyl (C=O) groups excluding carboxylic acids is 1. The number of nitrogens with zero attached hydrogens (tertiary/aromatic N) is 1. The van der Waals surface area contributed by atoms with E-state index in [0.29, 0.717) is 12.4 Å². The lowest BCUT2D eigenvalue weighted by molar-refractivity contribution is 0.0913. The predicted octanol–water partition coefficient (Wildman–Crippen LogP) is 5.62. The van der Waals surface area contributed by atoms with E-state index in [4.69, 9.17) is 4.74 Å². The van der Waals surface area contributed by atoms with E-state index < -0.39 is 0 Å². The van der Waals surface area contributed by atoms with Crippen LogP contribution in [0.4, 0.5) is 5.69 Å². The molecule has 4 nitrogen and oxygen atoms in total. The molecule has 1 atom stereocenters. The Kier molecular flexibility index (Phi) is 5.56. The highest BCUT2D eigenvalue weighted by molar-refractivity contribution is 6.04. The molecule has 1 unspecified atom stereocenters. The Morgan fingerprint density at radius 2 is 2.00 bits per heavy atom. The summed E-state index contributed by atoms with van der Waals surface area (Å²) in [6.45, 7) is 3.30. The van der Waals surface area contributed by atoms with Crippen LogP contribution in [0.15, 0.2) is 54.6 Å². The second-order valence-electron chi connectivity index (χ2n) is 7.43. The quantitative estimate of drug-likeness (QED) is 0.546. The number of rotatable bonds is 7. The zero-order valence-electron chi connectivity index (χ0n) is 16.3. The van der Waals surface area contributed by atoms with Crippen LogP contribution in [0.5, 0.6) is 5.75 Å². The summed E-state index contributed by atoms with van der Waals surface area (Å²) >= 11 is 0. The van der Waals surface area contributed by atoms with Crippen LogP contribution < -0.4 is 10.1 Å². The molecule has 0 saturated carbocycles. The van der Waals surface area contributed by atoms with Gasteiger partial charge in [0.25, 0.3) is 0 Å². The van der Waals surface area contributed by atoms with Gasteiger partial charge in [-0.25, -0.2) is 4.98 Å². The van der Waals surface area contributed by atoms with Crippen molar-refractivity contribution in [2.24, 2.45) is 5.92 Å². The van der Waals surface area contributed by atoms with Gasteiger partial charge in [0.2, 0.25) is 0 Å². The average Bonchev–Trinajstić information content (AvgIpc) is 2.74. The molecule has 2 heterocycles. The van der Waals surface area contributed by atoms with Gasteiger partial charge in [0.05, 0.1) is 11.2 Å². The normalized spacial score (nSPS) is 15.9. The van der Waals surface area contributed by atoms with Crippen LogP contribution in [0.2, 0.25) is 0 Å². The zero-order valence-corrected chi connectivity index (χ0v) is 16.3. The number of carbonyl (C=O) groups is 1. The largest absolute Gasteiger partial charge is 0.487 e. The molecular formula is C24H26N2O2. The molecule has 0 fully saturated rings. The first-order valence-corrected chi connectivity index (χ1v) is 10.1. The molecule has 3 aromatic rings. The lowest BCUT2D eigenvalue weighted by Gasteiger charge is -2.25. The molecule has 28 heavy (non-hydrogen) atoms. The van der Waals surface area contributed by atoms with E-state index in [-0.39, 0.29) is 11.7 Å². The topological polar surface area (TPSA) is 51.2 Å². The SMILES string of the molecule is CCCCCC1CNc2ccc(OCc3ccc4ccccc4n3)cc2C1=O. The van der Waals surface area contributed by atoms with E-state index in [2.05, 4.69) is 23.3 Å². The molecule has 1 aliphatic rings. The van der Waals surface area contributed by atoms with Crippen molar-refractivity contribution in [1.82, 2.24) is 4.98 Å². The summed E-state index contributed by atoms with van der Waals surface area (Å²) in [6.07, 6.45) is 4.41. The zero-order chi connectivity index (χ0) is 19.3. The molecule has 4 rings (SSSR count). The molecule has 0 spiro atoms. The molecule has 4 heteroatoms. The number of pyridine rings is 1. The van der Waals surface area contributed by atoms with Crippen molar-refractivity contribution >= 4 is 22.4 Å². The van der Waals surface area contributed by atoms with Crippen molar-refractivity contribution in [2.45, 2.75) is 39.2 Å². The molecule has 0 radical (unpaired) electrons. The number of Topliss-reactive ketones (excluding diaryl/α,β-unsaturated/α-hetero) is 1. The molecule has 1 N–H and O–H groups in total. The monoisotopic (exact) mass is 374 g/mol. The Morgan fingerprint density at radius 3 is 2.89 bits per heavy atom. The van der Waals surface area contributed by atoms with Crippen molar-refractivity contribution in [3.63, 3.8) is 0 Å². The van der Waals surface area contributed by atoms with Crippen molar-refractivity contribution in [3.8, 4) is 5.75 Å². The number of hydrogen-bond donors (Lipinski definition) is 1. The number of ether oxygens (including phenoxy) is 1. The van der Waals surface area contributed by atoms with Gasteiger partial charge in [-0.3, -0.25) is 4.79 Å². The van der Waals surface area contributed by atoms with Crippen LogP contribution >= 0.6 is 0 Å². The number of para-hydroxylation sites is 1. The highest BCUT2D eigenvalue weighted by Gasteiger charge is 2.27. The fraction of sp³-hybridized carbons (Fsp3) is 0.333. The molecule has 0 saturated heterocycles. The number of aromatic nitrogens is 1. The number of benzene rings is 2. The van der Waals surface area contributed by atoms with Gasteiger partial charge in [-0.05, 0) is 36.8 Å². The molecule has 1 aromatic heterocycles. The summed E-state index contributed by atoms with van der Waals surface area (Å²) in [5, 5.41) is 4.52. The first-order chi connectivity index (χ1) is 13.7. The van der Waals surface area contributed by atoms with Crippen molar-refractivity contribution < 1.29 is 9.53 Å². The van der Waals surface area contributed by atoms with Crippen molar-refractivity contribution in [1.29, 1.82) is 0 Å². The van der Waals surface area contributed by atoms with E-state index in [1.807, 2.05) is 48.5 Å². The predicted molar refractivity (Wildman–Crippen MR) is 113 cm³/mol. The second-order valence-corrected chi connectivity index (χ2v) is 7.43. The Morgan fingerprint density at radius 1 is 1.11 bits per heavy atom. The first-order valence-electron chi connectivity index (χ1n) is 10.1. The van der Waals surface area contributed by atoms with E-state index >= 15 is 0 Å². The molecule has 2 aromatic carbocycles. The van der Waals surface area contributed by atoms with Gasteiger partial charge in [0.1, 0.15) is 12.4 Å². The second kappa shape index (κ2) is 8.42. The number of hydrogen-bond acceptors (Lipinski definition) is 4. The molecule has 0 amide bonds. The summed E-state index contributed by atoms with van der Waals surface area (Å²) in [5.41, 5.74) is 3.49. The lowest BCUT2D eigenvalue weighted by Crippen LogP contribution is -2.29. The fourth-order valence-corrected chi connectivity index (χ4v) is 3.74. The van der Waals surface area contributed by atoms with Crippen LogP contribution in [-0.4, -0.2) is 17.3 Å². The smallest absolute Gasteiger partial charge is 0.169 e. The first kappa shape index (κ1) is 18.5. The maximum absolute atomic E-state index is 12.9. The number of anilines is 1. The highest BCUT2D eigenvalue weighted by Crippen LogP contribution is 2.31. The van der Waals surface area contributed by atoms with E-state index in [9.17, 15) is 4.79 Å². The van der Waals surface area contributed by atoms with Crippen LogP contribution in [0.1, 0.15) is 48.7 Å². The van der Waals surface area contributed by atoms with Gasteiger partial charge in [-0.15, -0.1) is 0 Å². The summed E-state index contributed by atoms with van der Waals surface area (Å²) in [6, 6.07) is 17.8. The van der Waals surface area contributed by atoms with E-state index in [1.165, 1.54) is 12.8 Å².